The normalized spacial score (nSPS) is 9.63. The molecule has 102 valence electrons. The molecule has 0 aliphatic rings. The highest BCUT2D eigenvalue weighted by Crippen LogP contribution is 2.20. The van der Waals surface area contributed by atoms with Gasteiger partial charge in [-0.15, -0.1) is 10.2 Å². The number of aromatic nitrogens is 2. The molecule has 9 heteroatoms. The predicted octanol–water partition coefficient (Wildman–Crippen LogP) is -0.581. The summed E-state index contributed by atoms with van der Waals surface area (Å²) in [5.41, 5.74) is 4.01. The molecule has 1 aromatic heterocycles. The van der Waals surface area contributed by atoms with Gasteiger partial charge in [0.15, 0.2) is 11.4 Å². The Morgan fingerprint density at radius 2 is 1.26 bits per heavy atom. The number of ether oxygens (including phenoxy) is 3. The second-order valence-corrected chi connectivity index (χ2v) is 3.16. The first-order valence-corrected chi connectivity index (χ1v) is 4.89. The van der Waals surface area contributed by atoms with Crippen molar-refractivity contribution in [1.82, 2.24) is 10.2 Å². The Bertz CT molecular complexity index is 542. The molecular formula is C10H11N3O6. The highest BCUT2D eigenvalue weighted by molar-refractivity contribution is 6.08. The first-order valence-electron chi connectivity index (χ1n) is 4.89. The third-order valence-electron chi connectivity index (χ3n) is 2.16. The molecule has 0 fully saturated rings. The number of hydrogen-bond acceptors (Lipinski definition) is 9. The Kier molecular flexibility index (Phi) is 4.35. The average molecular weight is 269 g/mol. The van der Waals surface area contributed by atoms with Gasteiger partial charge < -0.3 is 19.9 Å². The van der Waals surface area contributed by atoms with E-state index in [2.05, 4.69) is 24.4 Å². The van der Waals surface area contributed by atoms with E-state index in [0.29, 0.717) is 0 Å². The van der Waals surface area contributed by atoms with E-state index in [0.717, 1.165) is 21.3 Å². The highest BCUT2D eigenvalue weighted by Gasteiger charge is 2.28. The topological polar surface area (TPSA) is 131 Å². The van der Waals surface area contributed by atoms with Crippen LogP contribution in [-0.4, -0.2) is 49.4 Å². The Morgan fingerprint density at radius 3 is 1.74 bits per heavy atom. The zero-order valence-corrected chi connectivity index (χ0v) is 10.4. The SMILES string of the molecule is COC(=O)c1nnc(C(=O)OC)c(C(=O)OC)c1N. The summed E-state index contributed by atoms with van der Waals surface area (Å²) in [7, 11) is 3.28. The molecule has 19 heavy (non-hydrogen) atoms. The van der Waals surface area contributed by atoms with Crippen molar-refractivity contribution in [2.24, 2.45) is 0 Å². The maximum absolute atomic E-state index is 11.6. The number of nitrogen functional groups attached to an aromatic ring is 1. The molecule has 0 atom stereocenters. The van der Waals surface area contributed by atoms with Crippen LogP contribution in [0.3, 0.4) is 0 Å². The first kappa shape index (κ1) is 14.4. The second-order valence-electron chi connectivity index (χ2n) is 3.16. The maximum Gasteiger partial charge on any atom is 0.360 e. The van der Waals surface area contributed by atoms with E-state index in [1.807, 2.05) is 0 Å². The highest BCUT2D eigenvalue weighted by atomic mass is 16.5. The lowest BCUT2D eigenvalue weighted by atomic mass is 10.1. The summed E-state index contributed by atoms with van der Waals surface area (Å²) >= 11 is 0. The molecule has 0 spiro atoms. The van der Waals surface area contributed by atoms with Crippen molar-refractivity contribution in [3.05, 3.63) is 17.0 Å². The number of hydrogen-bond donors (Lipinski definition) is 1. The van der Waals surface area contributed by atoms with E-state index in [-0.39, 0.29) is 5.69 Å². The van der Waals surface area contributed by atoms with Crippen LogP contribution in [-0.2, 0) is 14.2 Å². The molecular weight excluding hydrogens is 258 g/mol. The second kappa shape index (κ2) is 5.76. The molecule has 0 saturated carbocycles. The third kappa shape index (κ3) is 2.59. The molecule has 1 rings (SSSR count). The van der Waals surface area contributed by atoms with Gasteiger partial charge in [-0.2, -0.15) is 0 Å². The molecule has 2 N–H and O–H groups in total. The number of nitrogens with two attached hydrogens (primary N) is 1. The van der Waals surface area contributed by atoms with Crippen LogP contribution in [0.5, 0.6) is 0 Å². The standard InChI is InChI=1S/C10H11N3O6/c1-17-8(14)4-5(11)7(10(16)19-3)13-12-6(4)9(15)18-2/h1-3H3,(H2,11,12). The quantitative estimate of drug-likeness (QED) is 0.565. The molecule has 0 saturated heterocycles. The van der Waals surface area contributed by atoms with Gasteiger partial charge in [-0.3, -0.25) is 0 Å². The number of carbonyl (C=O) groups is 3. The predicted molar refractivity (Wildman–Crippen MR) is 60.5 cm³/mol. The Hall–Kier alpha value is -2.71. The van der Waals surface area contributed by atoms with Crippen LogP contribution < -0.4 is 5.73 Å². The summed E-state index contributed by atoms with van der Waals surface area (Å²) in [4.78, 5) is 34.4. The van der Waals surface area contributed by atoms with Crippen LogP contribution in [0.1, 0.15) is 31.3 Å². The van der Waals surface area contributed by atoms with Gasteiger partial charge in [0.05, 0.1) is 27.0 Å². The minimum atomic E-state index is -0.946. The van der Waals surface area contributed by atoms with Crippen LogP contribution in [0.2, 0.25) is 0 Å². The molecule has 0 aliphatic carbocycles. The lowest BCUT2D eigenvalue weighted by molar-refractivity contribution is 0.0544. The van der Waals surface area contributed by atoms with Crippen molar-refractivity contribution < 1.29 is 28.6 Å². The summed E-state index contributed by atoms with van der Waals surface area (Å²) < 4.78 is 13.3. The van der Waals surface area contributed by atoms with Crippen molar-refractivity contribution in [3.63, 3.8) is 0 Å². The molecule has 1 aromatic rings. The summed E-state index contributed by atoms with van der Waals surface area (Å²) in [5.74, 6) is -2.78. The number of rotatable bonds is 3. The van der Waals surface area contributed by atoms with Crippen LogP contribution in [0, 0.1) is 0 Å². The van der Waals surface area contributed by atoms with Crippen molar-refractivity contribution in [1.29, 1.82) is 0 Å². The molecule has 0 aliphatic heterocycles. The minimum absolute atomic E-state index is 0.367. The van der Waals surface area contributed by atoms with Gasteiger partial charge in [-0.25, -0.2) is 14.4 Å². The minimum Gasteiger partial charge on any atom is -0.465 e. The summed E-state index contributed by atoms with van der Waals surface area (Å²) in [6.07, 6.45) is 0. The molecule has 1 heterocycles. The smallest absolute Gasteiger partial charge is 0.360 e. The zero-order chi connectivity index (χ0) is 14.6. The third-order valence-corrected chi connectivity index (χ3v) is 2.16. The summed E-state index contributed by atoms with van der Waals surface area (Å²) in [5, 5.41) is 6.88. The van der Waals surface area contributed by atoms with E-state index < -0.39 is 34.9 Å². The number of methoxy groups -OCH3 is 3. The molecule has 0 radical (unpaired) electrons. The van der Waals surface area contributed by atoms with Crippen LogP contribution in [0.25, 0.3) is 0 Å². The Morgan fingerprint density at radius 1 is 0.842 bits per heavy atom. The van der Waals surface area contributed by atoms with Crippen LogP contribution in [0.4, 0.5) is 5.69 Å². The molecule has 0 aromatic carbocycles. The number of esters is 3. The first-order chi connectivity index (χ1) is 8.97. The van der Waals surface area contributed by atoms with E-state index in [9.17, 15) is 14.4 Å². The monoisotopic (exact) mass is 269 g/mol. The molecule has 0 unspecified atom stereocenters. The van der Waals surface area contributed by atoms with Gasteiger partial charge in [0.25, 0.3) is 0 Å². The molecule has 9 nitrogen and oxygen atoms in total. The van der Waals surface area contributed by atoms with Gasteiger partial charge in [-0.05, 0) is 0 Å². The number of carbonyl (C=O) groups excluding carboxylic acids is 3. The van der Waals surface area contributed by atoms with Gasteiger partial charge in [0.2, 0.25) is 0 Å². The van der Waals surface area contributed by atoms with Crippen molar-refractivity contribution >= 4 is 23.6 Å². The van der Waals surface area contributed by atoms with Crippen LogP contribution in [0.15, 0.2) is 0 Å². The van der Waals surface area contributed by atoms with Gasteiger partial charge in [-0.1, -0.05) is 0 Å². The fourth-order valence-corrected chi connectivity index (χ4v) is 1.25. The van der Waals surface area contributed by atoms with E-state index in [4.69, 9.17) is 5.73 Å². The zero-order valence-electron chi connectivity index (χ0n) is 10.4. The summed E-state index contributed by atoms with van der Waals surface area (Å²) in [6.45, 7) is 0. The summed E-state index contributed by atoms with van der Waals surface area (Å²) in [6, 6.07) is 0. The van der Waals surface area contributed by atoms with Crippen molar-refractivity contribution in [3.8, 4) is 0 Å². The number of anilines is 1. The van der Waals surface area contributed by atoms with Gasteiger partial charge >= 0.3 is 17.9 Å². The van der Waals surface area contributed by atoms with E-state index in [1.165, 1.54) is 0 Å². The Balaban J connectivity index is 3.53. The largest absolute Gasteiger partial charge is 0.465 e. The molecule has 0 bridgehead atoms. The van der Waals surface area contributed by atoms with Crippen LogP contribution >= 0.6 is 0 Å². The average Bonchev–Trinajstić information content (AvgIpc) is 2.44. The maximum atomic E-state index is 11.6. The van der Waals surface area contributed by atoms with E-state index in [1.54, 1.807) is 0 Å². The van der Waals surface area contributed by atoms with Crippen molar-refractivity contribution in [2.75, 3.05) is 27.1 Å². The Labute approximate surface area is 107 Å². The lowest BCUT2D eigenvalue weighted by Crippen LogP contribution is -2.21. The number of nitrogens with zero attached hydrogens (tertiary/aromatic N) is 2. The van der Waals surface area contributed by atoms with Gasteiger partial charge in [0.1, 0.15) is 5.56 Å². The lowest BCUT2D eigenvalue weighted by Gasteiger charge is -2.09. The fourth-order valence-electron chi connectivity index (χ4n) is 1.25. The molecule has 0 amide bonds. The fraction of sp³-hybridized carbons (Fsp3) is 0.300. The van der Waals surface area contributed by atoms with E-state index >= 15 is 0 Å². The van der Waals surface area contributed by atoms with Gasteiger partial charge in [0, 0.05) is 0 Å². The van der Waals surface area contributed by atoms with Crippen molar-refractivity contribution in [2.45, 2.75) is 0 Å².